The molecule has 1 aromatic carbocycles. The van der Waals surface area contributed by atoms with Gasteiger partial charge in [-0.15, -0.1) is 0 Å². The molecule has 0 spiro atoms. The van der Waals surface area contributed by atoms with Gasteiger partial charge in [0.25, 0.3) is 5.91 Å². The van der Waals surface area contributed by atoms with Crippen LogP contribution in [0.5, 0.6) is 0 Å². The summed E-state index contributed by atoms with van der Waals surface area (Å²) in [4.78, 5) is 36.9. The zero-order valence-electron chi connectivity index (χ0n) is 16.0. The average Bonchev–Trinajstić information content (AvgIpc) is 2.68. The van der Waals surface area contributed by atoms with Gasteiger partial charge in [-0.3, -0.25) is 9.59 Å². The van der Waals surface area contributed by atoms with Gasteiger partial charge in [0.05, 0.1) is 6.04 Å². The summed E-state index contributed by atoms with van der Waals surface area (Å²) in [6.07, 6.45) is 0. The molecule has 0 saturated carbocycles. The maximum atomic E-state index is 12.7. The number of hydrogen-bond acceptors (Lipinski definition) is 5. The van der Waals surface area contributed by atoms with E-state index in [9.17, 15) is 9.59 Å². The van der Waals surface area contributed by atoms with Gasteiger partial charge in [-0.2, -0.15) is 0 Å². The molecule has 1 fully saturated rings. The molecule has 0 aliphatic carbocycles. The van der Waals surface area contributed by atoms with E-state index in [0.29, 0.717) is 37.8 Å². The Labute approximate surface area is 159 Å². The van der Waals surface area contributed by atoms with Crippen molar-refractivity contribution in [1.29, 1.82) is 0 Å². The Hall–Kier alpha value is -2.96. The number of aryl methyl sites for hydroxylation is 1. The van der Waals surface area contributed by atoms with Gasteiger partial charge < -0.3 is 15.1 Å². The minimum absolute atomic E-state index is 0.0785. The van der Waals surface area contributed by atoms with Crippen molar-refractivity contribution < 1.29 is 9.59 Å². The monoisotopic (exact) mass is 367 g/mol. The largest absolute Gasteiger partial charge is 0.344 e. The third-order valence-electron chi connectivity index (χ3n) is 4.73. The van der Waals surface area contributed by atoms with Crippen LogP contribution in [0.15, 0.2) is 36.4 Å². The molecule has 2 amide bonds. The van der Waals surface area contributed by atoms with E-state index in [2.05, 4.69) is 15.3 Å². The number of benzene rings is 1. The second-order valence-electron chi connectivity index (χ2n) is 6.79. The van der Waals surface area contributed by atoms with Crippen LogP contribution < -0.4 is 10.2 Å². The molecular weight excluding hydrogens is 342 g/mol. The zero-order chi connectivity index (χ0) is 19.4. The van der Waals surface area contributed by atoms with Gasteiger partial charge in [-0.25, -0.2) is 9.97 Å². The fourth-order valence-electron chi connectivity index (χ4n) is 3.13. The number of hydrogen-bond donors (Lipinski definition) is 1. The van der Waals surface area contributed by atoms with Gasteiger partial charge in [0.1, 0.15) is 5.69 Å². The van der Waals surface area contributed by atoms with E-state index in [1.165, 1.54) is 0 Å². The van der Waals surface area contributed by atoms with Crippen molar-refractivity contribution in [2.75, 3.05) is 31.1 Å². The Morgan fingerprint density at radius 3 is 2.37 bits per heavy atom. The molecule has 2 aromatic rings. The lowest BCUT2D eigenvalue weighted by atomic mass is 10.1. The molecular formula is C20H25N5O2. The smallest absolute Gasteiger partial charge is 0.270 e. The molecule has 3 rings (SSSR count). The first-order chi connectivity index (χ1) is 12.9. The highest BCUT2D eigenvalue weighted by Crippen LogP contribution is 2.15. The first kappa shape index (κ1) is 18.8. The quantitative estimate of drug-likeness (QED) is 0.894. The third kappa shape index (κ3) is 4.61. The minimum Gasteiger partial charge on any atom is -0.344 e. The molecule has 0 bridgehead atoms. The van der Waals surface area contributed by atoms with Crippen molar-refractivity contribution in [3.8, 4) is 0 Å². The summed E-state index contributed by atoms with van der Waals surface area (Å²) < 4.78 is 0. The molecule has 1 saturated heterocycles. The molecule has 1 aliphatic heterocycles. The van der Waals surface area contributed by atoms with Crippen LogP contribution in [-0.4, -0.2) is 52.9 Å². The van der Waals surface area contributed by atoms with Gasteiger partial charge in [0, 0.05) is 38.8 Å². The Balaban J connectivity index is 1.71. The molecule has 142 valence electrons. The maximum absolute atomic E-state index is 12.7. The standard InChI is InChI=1S/C20H25N5O2/c1-14-13-18(19(27)22-15(2)17-7-5-4-6-8-17)23-20(21-14)25-11-9-24(10-12-25)16(3)26/h4-8,13,15H,9-12H2,1-3H3,(H,22,27). The molecule has 7 nitrogen and oxygen atoms in total. The van der Waals surface area contributed by atoms with Crippen LogP contribution in [0.1, 0.15) is 41.6 Å². The second kappa shape index (κ2) is 8.16. The summed E-state index contributed by atoms with van der Waals surface area (Å²) >= 11 is 0. The van der Waals surface area contributed by atoms with Crippen LogP contribution in [0.4, 0.5) is 5.95 Å². The van der Waals surface area contributed by atoms with Gasteiger partial charge in [-0.05, 0) is 25.5 Å². The summed E-state index contributed by atoms with van der Waals surface area (Å²) in [5.41, 5.74) is 2.14. The van der Waals surface area contributed by atoms with Crippen LogP contribution in [-0.2, 0) is 4.79 Å². The van der Waals surface area contributed by atoms with Crippen LogP contribution in [0.3, 0.4) is 0 Å². The maximum Gasteiger partial charge on any atom is 0.270 e. The highest BCUT2D eigenvalue weighted by molar-refractivity contribution is 5.92. The van der Waals surface area contributed by atoms with Gasteiger partial charge in [0.2, 0.25) is 11.9 Å². The highest BCUT2D eigenvalue weighted by atomic mass is 16.2. The van der Waals surface area contributed by atoms with E-state index >= 15 is 0 Å². The lowest BCUT2D eigenvalue weighted by Crippen LogP contribution is -2.48. The number of anilines is 1. The molecule has 1 atom stereocenters. The molecule has 1 N–H and O–H groups in total. The Bertz CT molecular complexity index is 816. The molecule has 2 heterocycles. The highest BCUT2D eigenvalue weighted by Gasteiger charge is 2.22. The first-order valence-corrected chi connectivity index (χ1v) is 9.16. The van der Waals surface area contributed by atoms with Crippen molar-refractivity contribution in [2.24, 2.45) is 0 Å². The zero-order valence-corrected chi connectivity index (χ0v) is 16.0. The molecule has 1 unspecified atom stereocenters. The number of carbonyl (C=O) groups is 2. The summed E-state index contributed by atoms with van der Waals surface area (Å²) in [5, 5.41) is 2.99. The predicted octanol–water partition coefficient (Wildman–Crippen LogP) is 1.94. The number of carbonyl (C=O) groups excluding carboxylic acids is 2. The van der Waals surface area contributed by atoms with Crippen LogP contribution in [0.2, 0.25) is 0 Å². The van der Waals surface area contributed by atoms with E-state index in [1.807, 2.05) is 54.0 Å². The number of amides is 2. The fraction of sp³-hybridized carbons (Fsp3) is 0.400. The molecule has 27 heavy (non-hydrogen) atoms. The fourth-order valence-corrected chi connectivity index (χ4v) is 3.13. The Morgan fingerprint density at radius 2 is 1.74 bits per heavy atom. The van der Waals surface area contributed by atoms with E-state index in [0.717, 1.165) is 11.3 Å². The third-order valence-corrected chi connectivity index (χ3v) is 4.73. The molecule has 1 aromatic heterocycles. The van der Waals surface area contributed by atoms with Gasteiger partial charge in [-0.1, -0.05) is 30.3 Å². The number of piperazine rings is 1. The van der Waals surface area contributed by atoms with Crippen molar-refractivity contribution in [3.63, 3.8) is 0 Å². The van der Waals surface area contributed by atoms with Crippen LogP contribution in [0.25, 0.3) is 0 Å². The number of rotatable bonds is 4. The Kier molecular flexibility index (Phi) is 5.69. The Morgan fingerprint density at radius 1 is 1.07 bits per heavy atom. The lowest BCUT2D eigenvalue weighted by molar-refractivity contribution is -0.129. The average molecular weight is 367 g/mol. The van der Waals surface area contributed by atoms with Crippen molar-refractivity contribution >= 4 is 17.8 Å². The van der Waals surface area contributed by atoms with Crippen molar-refractivity contribution in [3.05, 3.63) is 53.3 Å². The van der Waals surface area contributed by atoms with Gasteiger partial charge >= 0.3 is 0 Å². The number of nitrogens with one attached hydrogen (secondary N) is 1. The second-order valence-corrected chi connectivity index (χ2v) is 6.79. The predicted molar refractivity (Wildman–Crippen MR) is 104 cm³/mol. The van der Waals surface area contributed by atoms with E-state index in [1.54, 1.807) is 13.0 Å². The normalized spacial score (nSPS) is 15.4. The van der Waals surface area contributed by atoms with Gasteiger partial charge in [0.15, 0.2) is 0 Å². The minimum atomic E-state index is -0.222. The molecule has 0 radical (unpaired) electrons. The first-order valence-electron chi connectivity index (χ1n) is 9.16. The van der Waals surface area contributed by atoms with E-state index < -0.39 is 0 Å². The summed E-state index contributed by atoms with van der Waals surface area (Å²) in [5.74, 6) is 0.394. The topological polar surface area (TPSA) is 78.4 Å². The van der Waals surface area contributed by atoms with E-state index in [4.69, 9.17) is 0 Å². The van der Waals surface area contributed by atoms with E-state index in [-0.39, 0.29) is 17.9 Å². The molecule has 7 heteroatoms. The molecule has 1 aliphatic rings. The summed E-state index contributed by atoms with van der Waals surface area (Å²) in [6.45, 7) is 7.97. The summed E-state index contributed by atoms with van der Waals surface area (Å²) in [6, 6.07) is 11.4. The van der Waals surface area contributed by atoms with Crippen LogP contribution >= 0.6 is 0 Å². The van der Waals surface area contributed by atoms with Crippen LogP contribution in [0, 0.1) is 6.92 Å². The van der Waals surface area contributed by atoms with Crippen molar-refractivity contribution in [1.82, 2.24) is 20.2 Å². The SMILES string of the molecule is CC(=O)N1CCN(c2nc(C)cc(C(=O)NC(C)c3ccccc3)n2)CC1. The number of aromatic nitrogens is 2. The number of nitrogens with zero attached hydrogens (tertiary/aromatic N) is 4. The lowest BCUT2D eigenvalue weighted by Gasteiger charge is -2.34. The summed E-state index contributed by atoms with van der Waals surface area (Å²) in [7, 11) is 0. The van der Waals surface area contributed by atoms with Crippen molar-refractivity contribution in [2.45, 2.75) is 26.8 Å².